The minimum atomic E-state index is -3.56. The van der Waals surface area contributed by atoms with Gasteiger partial charge in [0.05, 0.1) is 16.2 Å². The van der Waals surface area contributed by atoms with E-state index in [0.29, 0.717) is 11.4 Å². The number of imidazole rings is 1. The van der Waals surface area contributed by atoms with E-state index in [0.717, 1.165) is 0 Å². The van der Waals surface area contributed by atoms with Gasteiger partial charge in [-0.15, -0.1) is 0 Å². The van der Waals surface area contributed by atoms with Crippen LogP contribution in [0.5, 0.6) is 0 Å². The van der Waals surface area contributed by atoms with E-state index in [1.54, 1.807) is 30.9 Å². The highest BCUT2D eigenvalue weighted by molar-refractivity contribution is 7.91. The largest absolute Gasteiger partial charge is 0.478 e. The van der Waals surface area contributed by atoms with Gasteiger partial charge in [-0.2, -0.15) is 0 Å². The van der Waals surface area contributed by atoms with Crippen LogP contribution in [0.25, 0.3) is 0 Å². The van der Waals surface area contributed by atoms with Crippen molar-refractivity contribution in [2.24, 2.45) is 7.05 Å². The molecule has 1 heterocycles. The Labute approximate surface area is 123 Å². The van der Waals surface area contributed by atoms with Crippen molar-refractivity contribution < 1.29 is 18.3 Å². The highest BCUT2D eigenvalue weighted by atomic mass is 32.2. The van der Waals surface area contributed by atoms with E-state index in [-0.39, 0.29) is 22.6 Å². The van der Waals surface area contributed by atoms with E-state index >= 15 is 0 Å². The van der Waals surface area contributed by atoms with E-state index in [2.05, 4.69) is 4.98 Å². The van der Waals surface area contributed by atoms with Gasteiger partial charge in [0.15, 0.2) is 9.84 Å². The van der Waals surface area contributed by atoms with Gasteiger partial charge in [-0.3, -0.25) is 0 Å². The van der Waals surface area contributed by atoms with Crippen molar-refractivity contribution in [1.29, 1.82) is 0 Å². The minimum Gasteiger partial charge on any atom is -0.478 e. The fourth-order valence-corrected chi connectivity index (χ4v) is 3.58. The van der Waals surface area contributed by atoms with Crippen molar-refractivity contribution in [2.45, 2.75) is 18.2 Å². The number of hydrogen-bond acceptors (Lipinski definition) is 4. The quantitative estimate of drug-likeness (QED) is 0.903. The number of aromatic carboxylic acids is 1. The molecular weight excluding hydrogens is 292 g/mol. The minimum absolute atomic E-state index is 0.0313. The van der Waals surface area contributed by atoms with Crippen LogP contribution >= 0.6 is 0 Å². The van der Waals surface area contributed by atoms with E-state index in [9.17, 15) is 13.2 Å². The number of sulfone groups is 1. The summed E-state index contributed by atoms with van der Waals surface area (Å²) >= 11 is 0. The third-order valence-electron chi connectivity index (χ3n) is 3.29. The van der Waals surface area contributed by atoms with Crippen LogP contribution in [0.4, 0.5) is 0 Å². The van der Waals surface area contributed by atoms with Crippen LogP contribution in [0.2, 0.25) is 0 Å². The summed E-state index contributed by atoms with van der Waals surface area (Å²) in [7, 11) is -1.76. The highest BCUT2D eigenvalue weighted by Crippen LogP contribution is 2.19. The maximum absolute atomic E-state index is 12.4. The molecule has 0 amide bonds. The molecule has 0 aliphatic rings. The Morgan fingerprint density at radius 3 is 2.67 bits per heavy atom. The Morgan fingerprint density at radius 1 is 1.38 bits per heavy atom. The van der Waals surface area contributed by atoms with Gasteiger partial charge in [0.2, 0.25) is 0 Å². The molecular formula is C14H16N2O4S. The number of aryl methyl sites for hydroxylation is 3. The molecule has 6 nitrogen and oxygen atoms in total. The number of carboxylic acids is 1. The zero-order valence-corrected chi connectivity index (χ0v) is 12.6. The van der Waals surface area contributed by atoms with Crippen molar-refractivity contribution in [2.75, 3.05) is 5.75 Å². The van der Waals surface area contributed by atoms with Crippen LogP contribution in [0.15, 0.2) is 35.5 Å². The summed E-state index contributed by atoms with van der Waals surface area (Å²) in [6, 6.07) is 4.12. The second-order valence-electron chi connectivity index (χ2n) is 4.81. The van der Waals surface area contributed by atoms with Crippen LogP contribution in [0.1, 0.15) is 21.7 Å². The topological polar surface area (TPSA) is 89.3 Å². The predicted molar refractivity (Wildman–Crippen MR) is 77.1 cm³/mol. The molecule has 7 heteroatoms. The fourth-order valence-electron chi connectivity index (χ4n) is 2.04. The monoisotopic (exact) mass is 308 g/mol. The van der Waals surface area contributed by atoms with E-state index in [1.807, 2.05) is 0 Å². The lowest BCUT2D eigenvalue weighted by atomic mass is 10.1. The van der Waals surface area contributed by atoms with Crippen LogP contribution in [-0.2, 0) is 23.3 Å². The molecule has 21 heavy (non-hydrogen) atoms. The lowest BCUT2D eigenvalue weighted by Crippen LogP contribution is -2.13. The number of hydrogen-bond donors (Lipinski definition) is 1. The Hall–Kier alpha value is -2.15. The normalized spacial score (nSPS) is 11.5. The second-order valence-corrected chi connectivity index (χ2v) is 6.89. The molecule has 1 N–H and O–H groups in total. The lowest BCUT2D eigenvalue weighted by Gasteiger charge is -2.09. The van der Waals surface area contributed by atoms with Crippen LogP contribution in [0, 0.1) is 6.92 Å². The van der Waals surface area contributed by atoms with Crippen molar-refractivity contribution in [3.63, 3.8) is 0 Å². The van der Waals surface area contributed by atoms with E-state index < -0.39 is 15.8 Å². The van der Waals surface area contributed by atoms with Gasteiger partial charge in [0.1, 0.15) is 5.82 Å². The number of carboxylic acid groups (broad SMARTS) is 1. The lowest BCUT2D eigenvalue weighted by molar-refractivity contribution is 0.0696. The average molecular weight is 308 g/mol. The molecule has 2 aromatic rings. The van der Waals surface area contributed by atoms with Gasteiger partial charge in [0, 0.05) is 25.9 Å². The molecule has 1 aromatic carbocycles. The summed E-state index contributed by atoms with van der Waals surface area (Å²) in [5.41, 5.74) is 0.510. The molecule has 0 spiro atoms. The molecule has 2 rings (SSSR count). The van der Waals surface area contributed by atoms with Crippen molar-refractivity contribution >= 4 is 15.8 Å². The van der Waals surface area contributed by atoms with Crippen LogP contribution < -0.4 is 0 Å². The Balaban J connectivity index is 2.29. The SMILES string of the molecule is Cc1ccc(C(=O)O)cc1S(=O)(=O)CCc1nccn1C. The first-order chi connectivity index (χ1) is 9.81. The maximum Gasteiger partial charge on any atom is 0.335 e. The standard InChI is InChI=1S/C14H16N2O4S/c1-10-3-4-11(14(17)18)9-12(10)21(19,20)8-5-13-15-6-7-16(13)2/h3-4,6-7,9H,5,8H2,1-2H3,(H,17,18). The first-order valence-corrected chi connectivity index (χ1v) is 7.99. The summed E-state index contributed by atoms with van der Waals surface area (Å²) in [6.45, 7) is 1.65. The van der Waals surface area contributed by atoms with Gasteiger partial charge < -0.3 is 9.67 Å². The van der Waals surface area contributed by atoms with Crippen molar-refractivity contribution in [1.82, 2.24) is 9.55 Å². The third-order valence-corrected chi connectivity index (χ3v) is 5.14. The smallest absolute Gasteiger partial charge is 0.335 e. The van der Waals surface area contributed by atoms with Gasteiger partial charge >= 0.3 is 5.97 Å². The molecule has 0 aliphatic carbocycles. The van der Waals surface area contributed by atoms with Crippen LogP contribution in [-0.4, -0.2) is 34.8 Å². The van der Waals surface area contributed by atoms with Gasteiger partial charge in [-0.05, 0) is 24.6 Å². The van der Waals surface area contributed by atoms with Crippen molar-refractivity contribution in [3.05, 3.63) is 47.5 Å². The first kappa shape index (κ1) is 15.2. The molecule has 0 radical (unpaired) electrons. The number of aromatic nitrogens is 2. The summed E-state index contributed by atoms with van der Waals surface area (Å²) in [4.78, 5) is 15.1. The molecule has 0 bridgehead atoms. The zero-order valence-electron chi connectivity index (χ0n) is 11.8. The molecule has 0 aliphatic heterocycles. The molecule has 112 valence electrons. The molecule has 0 saturated carbocycles. The van der Waals surface area contributed by atoms with E-state index in [1.165, 1.54) is 18.2 Å². The molecule has 0 fully saturated rings. The number of carbonyl (C=O) groups is 1. The third kappa shape index (κ3) is 3.30. The first-order valence-electron chi connectivity index (χ1n) is 6.34. The zero-order chi connectivity index (χ0) is 15.6. The molecule has 0 atom stereocenters. The maximum atomic E-state index is 12.4. The Bertz CT molecular complexity index is 778. The molecule has 1 aromatic heterocycles. The van der Waals surface area contributed by atoms with Crippen molar-refractivity contribution in [3.8, 4) is 0 Å². The van der Waals surface area contributed by atoms with E-state index in [4.69, 9.17) is 5.11 Å². The summed E-state index contributed by atoms with van der Waals surface area (Å²) < 4.78 is 26.6. The highest BCUT2D eigenvalue weighted by Gasteiger charge is 2.20. The average Bonchev–Trinajstić information content (AvgIpc) is 2.82. The van der Waals surface area contributed by atoms with Gasteiger partial charge in [-0.25, -0.2) is 18.2 Å². The second kappa shape index (κ2) is 5.69. The summed E-state index contributed by atoms with van der Waals surface area (Å²) in [5.74, 6) is -0.580. The molecule has 0 saturated heterocycles. The summed E-state index contributed by atoms with van der Waals surface area (Å²) in [6.07, 6.45) is 3.64. The van der Waals surface area contributed by atoms with Crippen LogP contribution in [0.3, 0.4) is 0 Å². The molecule has 0 unspecified atom stereocenters. The summed E-state index contributed by atoms with van der Waals surface area (Å²) in [5, 5.41) is 8.97. The van der Waals surface area contributed by atoms with Gasteiger partial charge in [0.25, 0.3) is 0 Å². The predicted octanol–water partition coefficient (Wildman–Crippen LogP) is 1.44. The number of rotatable bonds is 5. The number of nitrogens with zero attached hydrogens (tertiary/aromatic N) is 2. The van der Waals surface area contributed by atoms with Gasteiger partial charge in [-0.1, -0.05) is 6.07 Å². The Kier molecular flexibility index (Phi) is 4.13. The number of benzene rings is 1. The Morgan fingerprint density at radius 2 is 2.10 bits per heavy atom. The fraction of sp³-hybridized carbons (Fsp3) is 0.286.